The molecule has 0 fully saturated rings. The second-order valence-corrected chi connectivity index (χ2v) is 6.45. The van der Waals surface area contributed by atoms with Gasteiger partial charge in [0.05, 0.1) is 18.2 Å². The molecule has 0 saturated carbocycles. The van der Waals surface area contributed by atoms with Crippen molar-refractivity contribution in [2.45, 2.75) is 0 Å². The van der Waals surface area contributed by atoms with Crippen molar-refractivity contribution in [3.8, 4) is 17.1 Å². The van der Waals surface area contributed by atoms with E-state index in [4.69, 9.17) is 16.3 Å². The molecule has 0 radical (unpaired) electrons. The molecule has 0 N–H and O–H groups in total. The Balaban J connectivity index is 2.30. The zero-order chi connectivity index (χ0) is 15.0. The van der Waals surface area contributed by atoms with Gasteiger partial charge in [0.15, 0.2) is 5.82 Å². The van der Waals surface area contributed by atoms with E-state index in [2.05, 4.69) is 41.8 Å². The lowest BCUT2D eigenvalue weighted by molar-refractivity contribution is 0.416. The Kier molecular flexibility index (Phi) is 4.15. The predicted molar refractivity (Wildman–Crippen MR) is 91.9 cm³/mol. The lowest BCUT2D eigenvalue weighted by Gasteiger charge is -2.09. The van der Waals surface area contributed by atoms with Crippen LogP contribution < -0.4 is 4.74 Å². The van der Waals surface area contributed by atoms with E-state index in [1.807, 2.05) is 36.4 Å². The van der Waals surface area contributed by atoms with E-state index in [0.29, 0.717) is 16.7 Å². The van der Waals surface area contributed by atoms with Crippen molar-refractivity contribution in [3.05, 3.63) is 50.5 Å². The van der Waals surface area contributed by atoms with Crippen LogP contribution in [0.3, 0.4) is 0 Å². The van der Waals surface area contributed by atoms with Crippen molar-refractivity contribution in [1.29, 1.82) is 0 Å². The Bertz CT molecular complexity index is 839. The summed E-state index contributed by atoms with van der Waals surface area (Å²) >= 11 is 13.3. The summed E-state index contributed by atoms with van der Waals surface area (Å²) in [4.78, 5) is 9.01. The minimum Gasteiger partial charge on any atom is -0.496 e. The zero-order valence-electron chi connectivity index (χ0n) is 10.9. The number of aromatic nitrogens is 2. The summed E-state index contributed by atoms with van der Waals surface area (Å²) in [6.45, 7) is 0. The fourth-order valence-electron chi connectivity index (χ4n) is 2.07. The van der Waals surface area contributed by atoms with E-state index >= 15 is 0 Å². The number of para-hydroxylation sites is 1. The molecule has 0 atom stereocenters. The highest BCUT2D eigenvalue weighted by Crippen LogP contribution is 2.34. The zero-order valence-corrected chi connectivity index (χ0v) is 14.8. The summed E-state index contributed by atoms with van der Waals surface area (Å²) in [6.07, 6.45) is 0. The van der Waals surface area contributed by atoms with E-state index < -0.39 is 0 Å². The number of hydrogen-bond acceptors (Lipinski definition) is 3. The summed E-state index contributed by atoms with van der Waals surface area (Å²) in [5, 5.41) is 1.19. The molecule has 0 unspecified atom stereocenters. The number of nitrogens with zero attached hydrogens (tertiary/aromatic N) is 2. The van der Waals surface area contributed by atoms with Crippen molar-refractivity contribution in [2.75, 3.05) is 7.11 Å². The molecule has 3 rings (SSSR count). The average Bonchev–Trinajstić information content (AvgIpc) is 2.48. The second-order valence-electron chi connectivity index (χ2n) is 4.32. The minimum absolute atomic E-state index is 0.405. The smallest absolute Gasteiger partial charge is 0.165 e. The Morgan fingerprint density at radius 1 is 1.10 bits per heavy atom. The molecule has 0 aliphatic carbocycles. The first-order valence-corrected chi connectivity index (χ1v) is 8.02. The number of rotatable bonds is 2. The van der Waals surface area contributed by atoms with Gasteiger partial charge < -0.3 is 4.74 Å². The summed E-state index contributed by atoms with van der Waals surface area (Å²) in [6, 6.07) is 11.4. The Morgan fingerprint density at radius 2 is 1.86 bits per heavy atom. The summed E-state index contributed by atoms with van der Waals surface area (Å²) in [5.74, 6) is 1.24. The maximum Gasteiger partial charge on any atom is 0.165 e. The van der Waals surface area contributed by atoms with Crippen molar-refractivity contribution >= 4 is 54.4 Å². The highest BCUT2D eigenvalue weighted by atomic mass is 79.9. The molecule has 0 bridgehead atoms. The van der Waals surface area contributed by atoms with Gasteiger partial charge in [0.1, 0.15) is 10.9 Å². The molecule has 1 aromatic heterocycles. The highest BCUT2D eigenvalue weighted by Gasteiger charge is 2.14. The van der Waals surface area contributed by atoms with Crippen LogP contribution in [-0.2, 0) is 0 Å². The van der Waals surface area contributed by atoms with Crippen molar-refractivity contribution < 1.29 is 4.74 Å². The third-order valence-corrected chi connectivity index (χ3v) is 4.37. The highest BCUT2D eigenvalue weighted by molar-refractivity contribution is 9.11. The lowest BCUT2D eigenvalue weighted by Crippen LogP contribution is -1.95. The summed E-state index contributed by atoms with van der Waals surface area (Å²) in [5.41, 5.74) is 1.57. The van der Waals surface area contributed by atoms with Gasteiger partial charge in [-0.2, -0.15) is 0 Å². The van der Waals surface area contributed by atoms with Gasteiger partial charge >= 0.3 is 0 Å². The molecule has 21 heavy (non-hydrogen) atoms. The molecule has 0 spiro atoms. The van der Waals surface area contributed by atoms with Gasteiger partial charge in [0, 0.05) is 14.3 Å². The Morgan fingerprint density at radius 3 is 2.62 bits per heavy atom. The van der Waals surface area contributed by atoms with Gasteiger partial charge in [-0.05, 0) is 40.2 Å². The van der Waals surface area contributed by atoms with E-state index in [1.165, 1.54) is 0 Å². The van der Waals surface area contributed by atoms with Crippen LogP contribution >= 0.6 is 43.5 Å². The van der Waals surface area contributed by atoms with Crippen LogP contribution in [-0.4, -0.2) is 17.1 Å². The minimum atomic E-state index is 0.405. The summed E-state index contributed by atoms with van der Waals surface area (Å²) < 4.78 is 7.13. The number of halogens is 3. The molecular formula is C15H9Br2ClN2O. The van der Waals surface area contributed by atoms with Crippen LogP contribution in [0.25, 0.3) is 22.3 Å². The van der Waals surface area contributed by atoms with E-state index in [-0.39, 0.29) is 0 Å². The van der Waals surface area contributed by atoms with Gasteiger partial charge in [0.25, 0.3) is 0 Å². The van der Waals surface area contributed by atoms with Gasteiger partial charge in [-0.25, -0.2) is 9.97 Å². The van der Waals surface area contributed by atoms with Crippen LogP contribution in [0, 0.1) is 0 Å². The third kappa shape index (κ3) is 2.78. The first-order valence-electron chi connectivity index (χ1n) is 6.06. The third-order valence-electron chi connectivity index (χ3n) is 3.02. The lowest BCUT2D eigenvalue weighted by atomic mass is 10.1. The molecule has 3 nitrogen and oxygen atoms in total. The maximum atomic E-state index is 6.32. The summed E-state index contributed by atoms with van der Waals surface area (Å²) in [7, 11) is 1.62. The fraction of sp³-hybridized carbons (Fsp3) is 0.0667. The van der Waals surface area contributed by atoms with Crippen molar-refractivity contribution in [1.82, 2.24) is 9.97 Å². The SMILES string of the molecule is COc1ccccc1-c1nc(Cl)c2cc(Br)cc(Br)c2n1. The normalized spacial score (nSPS) is 10.9. The number of ether oxygens (including phenoxy) is 1. The van der Waals surface area contributed by atoms with Gasteiger partial charge in [-0.1, -0.05) is 39.7 Å². The van der Waals surface area contributed by atoms with Gasteiger partial charge in [-0.15, -0.1) is 0 Å². The van der Waals surface area contributed by atoms with E-state index in [9.17, 15) is 0 Å². The quantitative estimate of drug-likeness (QED) is 0.507. The molecular weight excluding hydrogens is 419 g/mol. The van der Waals surface area contributed by atoms with Crippen molar-refractivity contribution in [3.63, 3.8) is 0 Å². The number of benzene rings is 2. The van der Waals surface area contributed by atoms with Crippen molar-refractivity contribution in [2.24, 2.45) is 0 Å². The standard InChI is InChI=1S/C15H9Br2ClN2O/c1-21-12-5-3-2-4-9(12)15-19-13-10(14(18)20-15)6-8(16)7-11(13)17/h2-7H,1H3. The number of methoxy groups -OCH3 is 1. The molecule has 0 saturated heterocycles. The maximum absolute atomic E-state index is 6.32. The van der Waals surface area contributed by atoms with Crippen LogP contribution in [0.5, 0.6) is 5.75 Å². The fourth-order valence-corrected chi connectivity index (χ4v) is 3.61. The van der Waals surface area contributed by atoms with Gasteiger partial charge in [0.2, 0.25) is 0 Å². The van der Waals surface area contributed by atoms with Crippen LogP contribution in [0.15, 0.2) is 45.3 Å². The number of fused-ring (bicyclic) bond motifs is 1. The number of hydrogen-bond donors (Lipinski definition) is 0. The largest absolute Gasteiger partial charge is 0.496 e. The second kappa shape index (κ2) is 5.91. The van der Waals surface area contributed by atoms with E-state index in [0.717, 1.165) is 25.4 Å². The van der Waals surface area contributed by atoms with E-state index in [1.54, 1.807) is 7.11 Å². The predicted octanol–water partition coefficient (Wildman–Crippen LogP) is 5.48. The molecule has 1 heterocycles. The molecule has 3 aromatic rings. The molecule has 0 aliphatic rings. The average molecular weight is 429 g/mol. The molecule has 2 aromatic carbocycles. The first kappa shape index (κ1) is 14.8. The van der Waals surface area contributed by atoms with Gasteiger partial charge in [-0.3, -0.25) is 0 Å². The topological polar surface area (TPSA) is 35.0 Å². The molecule has 106 valence electrons. The van der Waals surface area contributed by atoms with Crippen LogP contribution in [0.4, 0.5) is 0 Å². The molecule has 0 aliphatic heterocycles. The Hall–Kier alpha value is -1.17. The monoisotopic (exact) mass is 426 g/mol. The first-order chi connectivity index (χ1) is 10.1. The molecule has 0 amide bonds. The van der Waals surface area contributed by atoms with Crippen LogP contribution in [0.1, 0.15) is 0 Å². The van der Waals surface area contributed by atoms with Crippen LogP contribution in [0.2, 0.25) is 5.15 Å². The Labute approximate surface area is 143 Å². The molecule has 6 heteroatoms.